The number of amides is 2. The number of pyridine rings is 1. The zero-order valence-electron chi connectivity index (χ0n) is 11.5. The Morgan fingerprint density at radius 3 is 2.79 bits per heavy atom. The van der Waals surface area contributed by atoms with E-state index in [0.717, 1.165) is 11.1 Å². The van der Waals surface area contributed by atoms with Gasteiger partial charge in [-0.2, -0.15) is 0 Å². The van der Waals surface area contributed by atoms with Crippen LogP contribution in [-0.4, -0.2) is 33.8 Å². The molecule has 5 heteroatoms. The van der Waals surface area contributed by atoms with Crippen LogP contribution in [0.4, 0.5) is 0 Å². The molecule has 102 valence electrons. The first-order valence-corrected chi connectivity index (χ1v) is 6.49. The van der Waals surface area contributed by atoms with Crippen molar-refractivity contribution in [3.8, 4) is 0 Å². The number of likely N-dealkylation sites (tertiary alicyclic amines) is 1. The summed E-state index contributed by atoms with van der Waals surface area (Å²) in [5, 5.41) is 3.16. The van der Waals surface area contributed by atoms with E-state index in [1.807, 2.05) is 26.8 Å². The summed E-state index contributed by atoms with van der Waals surface area (Å²) in [6.07, 6.45) is 3.77. The third kappa shape index (κ3) is 2.81. The molecule has 2 amide bonds. The van der Waals surface area contributed by atoms with Gasteiger partial charge in [0.25, 0.3) is 0 Å². The topological polar surface area (TPSA) is 62.3 Å². The highest BCUT2D eigenvalue weighted by atomic mass is 16.2. The molecule has 1 unspecified atom stereocenters. The Morgan fingerprint density at radius 1 is 1.47 bits per heavy atom. The molecular formula is C14H19N3O2. The molecule has 0 aliphatic carbocycles. The number of aromatic nitrogens is 1. The predicted molar refractivity (Wildman–Crippen MR) is 71.2 cm³/mol. The summed E-state index contributed by atoms with van der Waals surface area (Å²) in [6, 6.07) is 1.45. The summed E-state index contributed by atoms with van der Waals surface area (Å²) in [6.45, 7) is 6.26. The van der Waals surface area contributed by atoms with Crippen molar-refractivity contribution in [3.05, 3.63) is 29.6 Å². The van der Waals surface area contributed by atoms with Crippen LogP contribution in [0.5, 0.6) is 0 Å². The second-order valence-corrected chi connectivity index (χ2v) is 5.14. The first-order valence-electron chi connectivity index (χ1n) is 6.49. The third-order valence-corrected chi connectivity index (χ3v) is 3.37. The van der Waals surface area contributed by atoms with Crippen LogP contribution in [0.2, 0.25) is 0 Å². The SMILES string of the molecule is Cc1cnccc1CNC1CC(=O)N(C(C)C)C1=O. The van der Waals surface area contributed by atoms with E-state index >= 15 is 0 Å². The molecule has 1 atom stereocenters. The number of rotatable bonds is 4. The lowest BCUT2D eigenvalue weighted by molar-refractivity contribution is -0.140. The molecule has 2 heterocycles. The third-order valence-electron chi connectivity index (χ3n) is 3.37. The van der Waals surface area contributed by atoms with E-state index in [2.05, 4.69) is 10.3 Å². The van der Waals surface area contributed by atoms with E-state index in [-0.39, 0.29) is 24.3 Å². The monoisotopic (exact) mass is 261 g/mol. The minimum atomic E-state index is -0.400. The van der Waals surface area contributed by atoms with E-state index in [1.54, 1.807) is 12.4 Å². The summed E-state index contributed by atoms with van der Waals surface area (Å²) in [5.74, 6) is -0.212. The highest BCUT2D eigenvalue weighted by molar-refractivity contribution is 6.05. The van der Waals surface area contributed by atoms with Crippen molar-refractivity contribution < 1.29 is 9.59 Å². The summed E-state index contributed by atoms with van der Waals surface area (Å²) in [5.41, 5.74) is 2.17. The van der Waals surface area contributed by atoms with Crippen LogP contribution >= 0.6 is 0 Å². The first-order chi connectivity index (χ1) is 9.00. The van der Waals surface area contributed by atoms with Gasteiger partial charge in [0.1, 0.15) is 0 Å². The lowest BCUT2D eigenvalue weighted by atomic mass is 10.1. The van der Waals surface area contributed by atoms with Gasteiger partial charge in [-0.15, -0.1) is 0 Å². The molecule has 1 fully saturated rings. The molecule has 0 spiro atoms. The Labute approximate surface area is 113 Å². The molecule has 0 radical (unpaired) electrons. The number of nitrogens with one attached hydrogen (secondary N) is 1. The normalized spacial score (nSPS) is 19.6. The Kier molecular flexibility index (Phi) is 3.95. The summed E-state index contributed by atoms with van der Waals surface area (Å²) in [4.78, 5) is 29.2. The van der Waals surface area contributed by atoms with E-state index in [9.17, 15) is 9.59 Å². The van der Waals surface area contributed by atoms with Crippen molar-refractivity contribution in [3.63, 3.8) is 0 Å². The van der Waals surface area contributed by atoms with Crippen LogP contribution in [0.3, 0.4) is 0 Å². The standard InChI is InChI=1S/C14H19N3O2/c1-9(2)17-13(18)6-12(14(17)19)16-8-11-4-5-15-7-10(11)3/h4-5,7,9,12,16H,6,8H2,1-3H3. The zero-order chi connectivity index (χ0) is 14.0. The molecule has 1 aliphatic rings. The molecule has 1 N–H and O–H groups in total. The first kappa shape index (κ1) is 13.7. The lowest BCUT2D eigenvalue weighted by Crippen LogP contribution is -2.41. The van der Waals surface area contributed by atoms with E-state index in [4.69, 9.17) is 0 Å². The van der Waals surface area contributed by atoms with Gasteiger partial charge in [-0.25, -0.2) is 0 Å². The van der Waals surface area contributed by atoms with Crippen LogP contribution in [0.1, 0.15) is 31.4 Å². The Balaban J connectivity index is 2.00. The average molecular weight is 261 g/mol. The minimum Gasteiger partial charge on any atom is -0.301 e. The number of aryl methyl sites for hydroxylation is 1. The van der Waals surface area contributed by atoms with Crippen molar-refractivity contribution in [2.45, 2.75) is 45.8 Å². The second kappa shape index (κ2) is 5.48. The van der Waals surface area contributed by atoms with Gasteiger partial charge in [0.05, 0.1) is 12.5 Å². The fourth-order valence-electron chi connectivity index (χ4n) is 2.29. The van der Waals surface area contributed by atoms with Crippen LogP contribution < -0.4 is 5.32 Å². The van der Waals surface area contributed by atoms with Gasteiger partial charge in [-0.1, -0.05) is 0 Å². The maximum Gasteiger partial charge on any atom is 0.247 e. The number of hydrogen-bond acceptors (Lipinski definition) is 4. The van der Waals surface area contributed by atoms with Gasteiger partial charge in [0, 0.05) is 25.0 Å². The molecule has 2 rings (SSSR count). The fraction of sp³-hybridized carbons (Fsp3) is 0.500. The van der Waals surface area contributed by atoms with E-state index in [0.29, 0.717) is 6.54 Å². The molecule has 1 saturated heterocycles. The maximum atomic E-state index is 12.1. The number of hydrogen-bond donors (Lipinski definition) is 1. The highest BCUT2D eigenvalue weighted by Gasteiger charge is 2.39. The van der Waals surface area contributed by atoms with Crippen molar-refractivity contribution in [1.29, 1.82) is 0 Å². The van der Waals surface area contributed by atoms with Crippen molar-refractivity contribution in [1.82, 2.24) is 15.2 Å². The molecule has 0 saturated carbocycles. The van der Waals surface area contributed by atoms with Gasteiger partial charge in [-0.05, 0) is 38.0 Å². The van der Waals surface area contributed by atoms with E-state index in [1.165, 1.54) is 4.90 Å². The molecule has 5 nitrogen and oxygen atoms in total. The number of nitrogens with zero attached hydrogens (tertiary/aromatic N) is 2. The van der Waals surface area contributed by atoms with Gasteiger partial charge in [0.2, 0.25) is 11.8 Å². The molecule has 1 aromatic heterocycles. The summed E-state index contributed by atoms with van der Waals surface area (Å²) < 4.78 is 0. The fourth-order valence-corrected chi connectivity index (χ4v) is 2.29. The molecular weight excluding hydrogens is 242 g/mol. The number of imide groups is 1. The Bertz CT molecular complexity index is 499. The largest absolute Gasteiger partial charge is 0.301 e. The quantitative estimate of drug-likeness (QED) is 0.822. The summed E-state index contributed by atoms with van der Waals surface area (Å²) >= 11 is 0. The summed E-state index contributed by atoms with van der Waals surface area (Å²) in [7, 11) is 0. The van der Waals surface area contributed by atoms with Gasteiger partial charge in [0.15, 0.2) is 0 Å². The minimum absolute atomic E-state index is 0.0746. The Morgan fingerprint density at radius 2 is 2.21 bits per heavy atom. The predicted octanol–water partition coefficient (Wildman–Crippen LogP) is 1.02. The van der Waals surface area contributed by atoms with Crippen LogP contribution in [0.25, 0.3) is 0 Å². The molecule has 19 heavy (non-hydrogen) atoms. The zero-order valence-corrected chi connectivity index (χ0v) is 11.5. The van der Waals surface area contributed by atoms with Crippen LogP contribution in [0.15, 0.2) is 18.5 Å². The second-order valence-electron chi connectivity index (χ2n) is 5.14. The highest BCUT2D eigenvalue weighted by Crippen LogP contribution is 2.17. The van der Waals surface area contributed by atoms with Gasteiger partial charge >= 0.3 is 0 Å². The number of carbonyl (C=O) groups is 2. The molecule has 1 aliphatic heterocycles. The van der Waals surface area contributed by atoms with Crippen molar-refractivity contribution in [2.24, 2.45) is 0 Å². The number of carbonyl (C=O) groups excluding carboxylic acids is 2. The van der Waals surface area contributed by atoms with Gasteiger partial charge in [-0.3, -0.25) is 19.5 Å². The molecule has 1 aromatic rings. The molecule has 0 bridgehead atoms. The van der Waals surface area contributed by atoms with Crippen LogP contribution in [0, 0.1) is 6.92 Å². The smallest absolute Gasteiger partial charge is 0.247 e. The maximum absolute atomic E-state index is 12.1. The molecule has 0 aromatic carbocycles. The van der Waals surface area contributed by atoms with Crippen molar-refractivity contribution in [2.75, 3.05) is 0 Å². The Hall–Kier alpha value is -1.75. The average Bonchev–Trinajstić information content (AvgIpc) is 2.63. The van der Waals surface area contributed by atoms with Gasteiger partial charge < -0.3 is 5.32 Å². The van der Waals surface area contributed by atoms with Crippen molar-refractivity contribution >= 4 is 11.8 Å². The van der Waals surface area contributed by atoms with Crippen LogP contribution in [-0.2, 0) is 16.1 Å². The van der Waals surface area contributed by atoms with E-state index < -0.39 is 6.04 Å². The lowest BCUT2D eigenvalue weighted by Gasteiger charge is -2.19.